The van der Waals surface area contributed by atoms with Crippen LogP contribution in [0.5, 0.6) is 0 Å². The van der Waals surface area contributed by atoms with Crippen molar-refractivity contribution in [3.05, 3.63) is 24.4 Å². The standard InChI is InChI=1S/C17H24N4O4/c1-17(2,3)24-16(22)20(4)13-5-7-21(9-13)10-14-18-15(25-19-14)12-6-8-23-11-12/h6,8,11,13H,5,7,9-10H2,1-4H3/t13-/m1/s1. The molecule has 0 bridgehead atoms. The third kappa shape index (κ3) is 4.39. The van der Waals surface area contributed by atoms with Crippen LogP contribution in [-0.2, 0) is 11.3 Å². The summed E-state index contributed by atoms with van der Waals surface area (Å²) >= 11 is 0. The second-order valence-corrected chi connectivity index (χ2v) is 7.30. The van der Waals surface area contributed by atoms with Crippen molar-refractivity contribution in [2.75, 3.05) is 20.1 Å². The molecule has 8 heteroatoms. The molecule has 8 nitrogen and oxygen atoms in total. The summed E-state index contributed by atoms with van der Waals surface area (Å²) in [4.78, 5) is 20.4. The summed E-state index contributed by atoms with van der Waals surface area (Å²) in [5.74, 6) is 1.07. The number of carbonyl (C=O) groups excluding carboxylic acids is 1. The monoisotopic (exact) mass is 348 g/mol. The molecule has 3 heterocycles. The van der Waals surface area contributed by atoms with Gasteiger partial charge < -0.3 is 18.6 Å². The first-order chi connectivity index (χ1) is 11.8. The Hall–Kier alpha value is -2.35. The number of nitrogens with zero attached hydrogens (tertiary/aromatic N) is 4. The average Bonchev–Trinajstić information content (AvgIpc) is 3.26. The van der Waals surface area contributed by atoms with Crippen molar-refractivity contribution in [2.45, 2.75) is 45.4 Å². The zero-order valence-electron chi connectivity index (χ0n) is 15.1. The van der Waals surface area contributed by atoms with Gasteiger partial charge in [0.25, 0.3) is 5.89 Å². The molecule has 0 unspecified atom stereocenters. The fourth-order valence-electron chi connectivity index (χ4n) is 2.78. The first kappa shape index (κ1) is 17.5. The molecule has 1 atom stereocenters. The van der Waals surface area contributed by atoms with Gasteiger partial charge in [0.15, 0.2) is 5.82 Å². The van der Waals surface area contributed by atoms with E-state index in [-0.39, 0.29) is 12.1 Å². The van der Waals surface area contributed by atoms with Gasteiger partial charge in [0.1, 0.15) is 11.9 Å². The molecule has 2 aromatic heterocycles. The zero-order valence-corrected chi connectivity index (χ0v) is 15.1. The van der Waals surface area contributed by atoms with Crippen molar-refractivity contribution in [2.24, 2.45) is 0 Å². The van der Waals surface area contributed by atoms with Gasteiger partial charge in [-0.3, -0.25) is 4.90 Å². The van der Waals surface area contributed by atoms with Crippen LogP contribution in [-0.4, -0.2) is 57.8 Å². The Bertz CT molecular complexity index is 705. The van der Waals surface area contributed by atoms with Crippen LogP contribution in [0.3, 0.4) is 0 Å². The molecule has 0 aromatic carbocycles. The molecule has 0 radical (unpaired) electrons. The van der Waals surface area contributed by atoms with E-state index in [2.05, 4.69) is 15.0 Å². The van der Waals surface area contributed by atoms with Crippen molar-refractivity contribution in [1.29, 1.82) is 0 Å². The van der Waals surface area contributed by atoms with Crippen LogP contribution in [0.4, 0.5) is 4.79 Å². The van der Waals surface area contributed by atoms with Crippen LogP contribution in [0, 0.1) is 0 Å². The predicted octanol–water partition coefficient (Wildman–Crippen LogP) is 2.77. The lowest BCUT2D eigenvalue weighted by atomic mass is 10.2. The first-order valence-corrected chi connectivity index (χ1v) is 8.35. The Balaban J connectivity index is 1.54. The SMILES string of the molecule is CN(C(=O)OC(C)(C)C)[C@@H]1CCN(Cc2noc(-c3ccoc3)n2)C1. The number of hydrogen-bond acceptors (Lipinski definition) is 7. The third-order valence-corrected chi connectivity index (χ3v) is 4.08. The van der Waals surface area contributed by atoms with Gasteiger partial charge in [0, 0.05) is 26.2 Å². The molecule has 1 aliphatic heterocycles. The van der Waals surface area contributed by atoms with Crippen LogP contribution >= 0.6 is 0 Å². The molecule has 136 valence electrons. The minimum absolute atomic E-state index is 0.120. The summed E-state index contributed by atoms with van der Waals surface area (Å²) in [5, 5.41) is 4.01. The molecular weight excluding hydrogens is 324 g/mol. The van der Waals surface area contributed by atoms with Gasteiger partial charge in [0.2, 0.25) is 0 Å². The minimum Gasteiger partial charge on any atom is -0.472 e. The summed E-state index contributed by atoms with van der Waals surface area (Å²) in [6.07, 6.45) is 3.74. The quantitative estimate of drug-likeness (QED) is 0.840. The molecule has 2 aromatic rings. The van der Waals surface area contributed by atoms with E-state index in [1.807, 2.05) is 20.8 Å². The highest BCUT2D eigenvalue weighted by Crippen LogP contribution is 2.21. The minimum atomic E-state index is -0.488. The molecule has 25 heavy (non-hydrogen) atoms. The molecule has 1 aliphatic rings. The van der Waals surface area contributed by atoms with Gasteiger partial charge in [-0.15, -0.1) is 0 Å². The fraction of sp³-hybridized carbons (Fsp3) is 0.588. The Labute approximate surface area is 146 Å². The lowest BCUT2D eigenvalue weighted by Gasteiger charge is -2.28. The van der Waals surface area contributed by atoms with Crippen molar-refractivity contribution >= 4 is 6.09 Å². The first-order valence-electron chi connectivity index (χ1n) is 8.35. The highest BCUT2D eigenvalue weighted by Gasteiger charge is 2.31. The summed E-state index contributed by atoms with van der Waals surface area (Å²) in [6, 6.07) is 1.90. The highest BCUT2D eigenvalue weighted by atomic mass is 16.6. The van der Waals surface area contributed by atoms with Crippen LogP contribution in [0.25, 0.3) is 11.5 Å². The number of hydrogen-bond donors (Lipinski definition) is 0. The van der Waals surface area contributed by atoms with E-state index < -0.39 is 5.60 Å². The number of likely N-dealkylation sites (tertiary alicyclic amines) is 1. The van der Waals surface area contributed by atoms with Crippen LogP contribution in [0.1, 0.15) is 33.0 Å². The molecule has 1 fully saturated rings. The fourth-order valence-corrected chi connectivity index (χ4v) is 2.78. The van der Waals surface area contributed by atoms with Gasteiger partial charge in [-0.25, -0.2) is 4.79 Å². The molecule has 3 rings (SSSR count). The molecule has 1 amide bonds. The Morgan fingerprint density at radius 3 is 2.96 bits per heavy atom. The maximum absolute atomic E-state index is 12.2. The number of amides is 1. The average molecular weight is 348 g/mol. The van der Waals surface area contributed by atoms with Gasteiger partial charge >= 0.3 is 6.09 Å². The molecule has 0 N–H and O–H groups in total. The maximum atomic E-state index is 12.2. The van der Waals surface area contributed by atoms with E-state index >= 15 is 0 Å². The van der Waals surface area contributed by atoms with Crippen molar-refractivity contribution in [3.63, 3.8) is 0 Å². The summed E-state index contributed by atoms with van der Waals surface area (Å²) in [5.41, 5.74) is 0.278. The largest absolute Gasteiger partial charge is 0.472 e. The second kappa shape index (κ2) is 6.87. The van der Waals surface area contributed by atoms with E-state index in [0.29, 0.717) is 18.3 Å². The van der Waals surface area contributed by atoms with Crippen LogP contribution in [0.2, 0.25) is 0 Å². The number of ether oxygens (including phenoxy) is 1. The van der Waals surface area contributed by atoms with Gasteiger partial charge in [-0.05, 0) is 33.3 Å². The second-order valence-electron chi connectivity index (χ2n) is 7.30. The number of furan rings is 1. The van der Waals surface area contributed by atoms with Crippen molar-refractivity contribution < 1.29 is 18.5 Å². The smallest absolute Gasteiger partial charge is 0.410 e. The molecule has 0 saturated carbocycles. The highest BCUT2D eigenvalue weighted by molar-refractivity contribution is 5.68. The Morgan fingerprint density at radius 2 is 2.28 bits per heavy atom. The van der Waals surface area contributed by atoms with E-state index in [1.165, 1.54) is 0 Å². The lowest BCUT2D eigenvalue weighted by molar-refractivity contribution is 0.0228. The number of carbonyl (C=O) groups is 1. The van der Waals surface area contributed by atoms with Crippen LogP contribution < -0.4 is 0 Å². The number of aromatic nitrogens is 2. The molecule has 1 saturated heterocycles. The maximum Gasteiger partial charge on any atom is 0.410 e. The van der Waals surface area contributed by atoms with Gasteiger partial charge in [0.05, 0.1) is 18.4 Å². The Kier molecular flexibility index (Phi) is 4.80. The third-order valence-electron chi connectivity index (χ3n) is 4.08. The molecular formula is C17H24N4O4. The summed E-state index contributed by atoms with van der Waals surface area (Å²) in [6.45, 7) is 7.81. The number of rotatable bonds is 4. The normalized spacial score (nSPS) is 18.5. The van der Waals surface area contributed by atoms with Crippen LogP contribution in [0.15, 0.2) is 27.5 Å². The van der Waals surface area contributed by atoms with Crippen molar-refractivity contribution in [1.82, 2.24) is 19.9 Å². The number of likely N-dealkylation sites (N-methyl/N-ethyl adjacent to an activating group) is 1. The molecule has 0 spiro atoms. The zero-order chi connectivity index (χ0) is 18.0. The van der Waals surface area contributed by atoms with Crippen molar-refractivity contribution in [3.8, 4) is 11.5 Å². The lowest BCUT2D eigenvalue weighted by Crippen LogP contribution is -2.42. The van der Waals surface area contributed by atoms with Gasteiger partial charge in [-0.2, -0.15) is 4.98 Å². The van der Waals surface area contributed by atoms with E-state index in [4.69, 9.17) is 13.7 Å². The van der Waals surface area contributed by atoms with E-state index in [0.717, 1.165) is 25.1 Å². The van der Waals surface area contributed by atoms with E-state index in [1.54, 1.807) is 30.5 Å². The van der Waals surface area contributed by atoms with Gasteiger partial charge in [-0.1, -0.05) is 5.16 Å². The predicted molar refractivity (Wildman–Crippen MR) is 89.7 cm³/mol. The Morgan fingerprint density at radius 1 is 1.48 bits per heavy atom. The topological polar surface area (TPSA) is 84.8 Å². The van der Waals surface area contributed by atoms with E-state index in [9.17, 15) is 4.79 Å². The summed E-state index contributed by atoms with van der Waals surface area (Å²) in [7, 11) is 1.79. The molecule has 0 aliphatic carbocycles. The summed E-state index contributed by atoms with van der Waals surface area (Å²) < 4.78 is 15.7.